The van der Waals surface area contributed by atoms with Gasteiger partial charge in [-0.15, -0.1) is 11.3 Å². The van der Waals surface area contributed by atoms with Crippen molar-refractivity contribution in [3.63, 3.8) is 0 Å². The van der Waals surface area contributed by atoms with Gasteiger partial charge in [0.25, 0.3) is 11.8 Å². The van der Waals surface area contributed by atoms with Gasteiger partial charge in [0, 0.05) is 24.5 Å². The standard InChI is InChI=1S/C17H23N5O2S/c1-4-21-7-6-11-13(9-21)25-17(14(11)15(18)23)19-16(24)12-8-10(3)20-22(12)5-2/h8H,4-7,9H2,1-3H3,(H2,18,23)(H,19,24). The second kappa shape index (κ2) is 6.97. The van der Waals surface area contributed by atoms with Crippen LogP contribution in [0.25, 0.3) is 0 Å². The molecule has 3 N–H and O–H groups in total. The minimum absolute atomic E-state index is 0.268. The normalized spacial score (nSPS) is 14.4. The van der Waals surface area contributed by atoms with E-state index in [-0.39, 0.29) is 5.91 Å². The van der Waals surface area contributed by atoms with E-state index in [1.165, 1.54) is 11.3 Å². The van der Waals surface area contributed by atoms with Crippen molar-refractivity contribution in [1.82, 2.24) is 14.7 Å². The molecule has 0 fully saturated rings. The molecule has 7 nitrogen and oxygen atoms in total. The lowest BCUT2D eigenvalue weighted by atomic mass is 10.0. The van der Waals surface area contributed by atoms with Crippen LogP contribution in [0, 0.1) is 6.92 Å². The van der Waals surface area contributed by atoms with Crippen molar-refractivity contribution >= 4 is 28.2 Å². The second-order valence-electron chi connectivity index (χ2n) is 6.13. The molecular weight excluding hydrogens is 338 g/mol. The number of amides is 2. The number of carbonyl (C=O) groups is 2. The summed E-state index contributed by atoms with van der Waals surface area (Å²) in [5.41, 5.74) is 8.32. The van der Waals surface area contributed by atoms with Gasteiger partial charge in [-0.2, -0.15) is 5.10 Å². The molecule has 0 aliphatic carbocycles. The van der Waals surface area contributed by atoms with Gasteiger partial charge in [-0.1, -0.05) is 6.92 Å². The molecule has 8 heteroatoms. The third kappa shape index (κ3) is 3.32. The first-order chi connectivity index (χ1) is 11.9. The molecule has 0 unspecified atom stereocenters. The van der Waals surface area contributed by atoms with Crippen LogP contribution in [0.2, 0.25) is 0 Å². The maximum absolute atomic E-state index is 12.7. The first-order valence-electron chi connectivity index (χ1n) is 8.47. The summed E-state index contributed by atoms with van der Waals surface area (Å²) >= 11 is 1.45. The third-order valence-electron chi connectivity index (χ3n) is 4.49. The van der Waals surface area contributed by atoms with Crippen LogP contribution >= 0.6 is 11.3 Å². The van der Waals surface area contributed by atoms with Gasteiger partial charge in [-0.05, 0) is 38.4 Å². The number of nitrogens with one attached hydrogen (secondary N) is 1. The van der Waals surface area contributed by atoms with E-state index in [1.54, 1.807) is 10.7 Å². The van der Waals surface area contributed by atoms with E-state index < -0.39 is 5.91 Å². The van der Waals surface area contributed by atoms with Crippen LogP contribution in [0.3, 0.4) is 0 Å². The number of likely N-dealkylation sites (N-methyl/N-ethyl adjacent to an activating group) is 1. The van der Waals surface area contributed by atoms with Crippen LogP contribution in [0.4, 0.5) is 5.00 Å². The molecule has 0 radical (unpaired) electrons. The maximum atomic E-state index is 12.7. The largest absolute Gasteiger partial charge is 0.365 e. The van der Waals surface area contributed by atoms with Crippen LogP contribution in [0.15, 0.2) is 6.07 Å². The monoisotopic (exact) mass is 361 g/mol. The zero-order chi connectivity index (χ0) is 18.1. The van der Waals surface area contributed by atoms with E-state index in [0.29, 0.717) is 22.8 Å². The van der Waals surface area contributed by atoms with Crippen LogP contribution in [0.1, 0.15) is 50.8 Å². The molecule has 1 aliphatic rings. The van der Waals surface area contributed by atoms with Crippen LogP contribution in [-0.2, 0) is 19.5 Å². The molecule has 3 heterocycles. The second-order valence-corrected chi connectivity index (χ2v) is 7.24. The Hall–Kier alpha value is -2.19. The van der Waals surface area contributed by atoms with Crippen molar-refractivity contribution in [1.29, 1.82) is 0 Å². The van der Waals surface area contributed by atoms with Gasteiger partial charge in [-0.25, -0.2) is 0 Å². The predicted octanol–water partition coefficient (Wildman–Crippen LogP) is 2.00. The van der Waals surface area contributed by atoms with Gasteiger partial charge in [-0.3, -0.25) is 19.2 Å². The van der Waals surface area contributed by atoms with Gasteiger partial charge in [0.05, 0.1) is 11.3 Å². The highest BCUT2D eigenvalue weighted by atomic mass is 32.1. The van der Waals surface area contributed by atoms with Gasteiger partial charge in [0.15, 0.2) is 0 Å². The minimum Gasteiger partial charge on any atom is -0.365 e. The van der Waals surface area contributed by atoms with Crippen molar-refractivity contribution in [2.24, 2.45) is 5.73 Å². The molecule has 0 atom stereocenters. The fraction of sp³-hybridized carbons (Fsp3) is 0.471. The van der Waals surface area contributed by atoms with Crippen molar-refractivity contribution in [3.8, 4) is 0 Å². The number of rotatable bonds is 5. The summed E-state index contributed by atoms with van der Waals surface area (Å²) in [7, 11) is 0. The molecule has 0 spiro atoms. The fourth-order valence-corrected chi connectivity index (χ4v) is 4.50. The van der Waals surface area contributed by atoms with Crippen molar-refractivity contribution in [2.45, 2.75) is 40.3 Å². The van der Waals surface area contributed by atoms with Gasteiger partial charge in [0.2, 0.25) is 0 Å². The van der Waals surface area contributed by atoms with Crippen LogP contribution in [-0.4, -0.2) is 39.6 Å². The summed E-state index contributed by atoms with van der Waals surface area (Å²) < 4.78 is 1.65. The van der Waals surface area contributed by atoms with Crippen molar-refractivity contribution in [2.75, 3.05) is 18.4 Å². The first kappa shape index (κ1) is 17.6. The van der Waals surface area contributed by atoms with Gasteiger partial charge in [0.1, 0.15) is 10.7 Å². The van der Waals surface area contributed by atoms with Crippen molar-refractivity contribution in [3.05, 3.63) is 33.5 Å². The Morgan fingerprint density at radius 2 is 2.12 bits per heavy atom. The Balaban J connectivity index is 1.93. The summed E-state index contributed by atoms with van der Waals surface area (Å²) in [5.74, 6) is -0.756. The van der Waals surface area contributed by atoms with E-state index >= 15 is 0 Å². The summed E-state index contributed by atoms with van der Waals surface area (Å²) in [6.45, 7) is 9.15. The highest BCUT2D eigenvalue weighted by molar-refractivity contribution is 7.17. The summed E-state index contributed by atoms with van der Waals surface area (Å²) in [5, 5.41) is 7.73. The van der Waals surface area contributed by atoms with E-state index in [4.69, 9.17) is 5.73 Å². The van der Waals surface area contributed by atoms with Gasteiger partial charge >= 0.3 is 0 Å². The average molecular weight is 361 g/mol. The lowest BCUT2D eigenvalue weighted by molar-refractivity contribution is 0.1000. The molecule has 25 heavy (non-hydrogen) atoms. The van der Waals surface area contributed by atoms with E-state index in [9.17, 15) is 9.59 Å². The van der Waals surface area contributed by atoms with E-state index in [2.05, 4.69) is 22.2 Å². The summed E-state index contributed by atoms with van der Waals surface area (Å²) in [4.78, 5) is 28.1. The van der Waals surface area contributed by atoms with Crippen LogP contribution in [0.5, 0.6) is 0 Å². The molecule has 0 saturated heterocycles. The first-order valence-corrected chi connectivity index (χ1v) is 9.28. The SMILES string of the molecule is CCN1CCc2c(sc(NC(=O)c3cc(C)nn3CC)c2C(N)=O)C1. The Morgan fingerprint density at radius 1 is 1.36 bits per heavy atom. The number of carbonyl (C=O) groups excluding carboxylic acids is 2. The molecule has 0 aromatic carbocycles. The molecule has 2 aromatic rings. The average Bonchev–Trinajstić information content (AvgIpc) is 3.13. The number of nitrogens with zero attached hydrogens (tertiary/aromatic N) is 3. The zero-order valence-electron chi connectivity index (χ0n) is 14.8. The zero-order valence-corrected chi connectivity index (χ0v) is 15.6. The minimum atomic E-state index is -0.488. The number of anilines is 1. The number of hydrogen-bond donors (Lipinski definition) is 2. The molecular formula is C17H23N5O2S. The Kier molecular flexibility index (Phi) is 4.91. The van der Waals surface area contributed by atoms with Crippen LogP contribution < -0.4 is 11.1 Å². The Morgan fingerprint density at radius 3 is 2.76 bits per heavy atom. The third-order valence-corrected chi connectivity index (χ3v) is 5.62. The summed E-state index contributed by atoms with van der Waals surface area (Å²) in [6, 6.07) is 1.75. The quantitative estimate of drug-likeness (QED) is 0.852. The fourth-order valence-electron chi connectivity index (χ4n) is 3.21. The number of hydrogen-bond acceptors (Lipinski definition) is 5. The van der Waals surface area contributed by atoms with Crippen molar-refractivity contribution < 1.29 is 9.59 Å². The molecule has 2 amide bonds. The summed E-state index contributed by atoms with van der Waals surface area (Å²) in [6.07, 6.45) is 0.778. The maximum Gasteiger partial charge on any atom is 0.274 e. The molecule has 3 rings (SSSR count). The number of aromatic nitrogens is 2. The molecule has 0 bridgehead atoms. The smallest absolute Gasteiger partial charge is 0.274 e. The topological polar surface area (TPSA) is 93.2 Å². The van der Waals surface area contributed by atoms with E-state index in [0.717, 1.165) is 42.2 Å². The van der Waals surface area contributed by atoms with Gasteiger partial charge < -0.3 is 11.1 Å². The number of fused-ring (bicyclic) bond motifs is 1. The molecule has 0 saturated carbocycles. The number of primary amides is 1. The number of aryl methyl sites for hydroxylation is 2. The molecule has 1 aliphatic heterocycles. The lowest BCUT2D eigenvalue weighted by Gasteiger charge is -2.25. The van der Waals surface area contributed by atoms with E-state index in [1.807, 2.05) is 13.8 Å². The Labute approximate surface area is 150 Å². The predicted molar refractivity (Wildman–Crippen MR) is 98.1 cm³/mol. The Bertz CT molecular complexity index is 823. The lowest BCUT2D eigenvalue weighted by Crippen LogP contribution is -2.30. The molecule has 134 valence electrons. The molecule has 2 aromatic heterocycles. The number of nitrogens with two attached hydrogens (primary N) is 1. The highest BCUT2D eigenvalue weighted by Gasteiger charge is 2.27. The number of thiophene rings is 1. The highest BCUT2D eigenvalue weighted by Crippen LogP contribution is 2.37.